The number of nitrogens with zero attached hydrogens (tertiary/aromatic N) is 1. The van der Waals surface area contributed by atoms with Crippen molar-refractivity contribution in [3.63, 3.8) is 0 Å². The molecule has 0 saturated carbocycles. The lowest BCUT2D eigenvalue weighted by atomic mass is 9.99. The summed E-state index contributed by atoms with van der Waals surface area (Å²) < 4.78 is 10.6. The molecule has 0 spiro atoms. The molecular weight excluding hydrogens is 256 g/mol. The van der Waals surface area contributed by atoms with Crippen molar-refractivity contribution in [3.05, 3.63) is 23.3 Å². The van der Waals surface area contributed by atoms with Crippen molar-refractivity contribution in [3.8, 4) is 5.75 Å². The molecule has 2 rings (SSSR count). The molecule has 1 aliphatic rings. The topological polar surface area (TPSA) is 64.8 Å². The fourth-order valence-corrected chi connectivity index (χ4v) is 2.26. The number of hydrogen-bond acceptors (Lipinski definition) is 4. The van der Waals surface area contributed by atoms with Crippen LogP contribution in [0.4, 0.5) is 10.5 Å². The van der Waals surface area contributed by atoms with E-state index in [-0.39, 0.29) is 6.09 Å². The van der Waals surface area contributed by atoms with Gasteiger partial charge in [0.05, 0.1) is 12.8 Å². The summed E-state index contributed by atoms with van der Waals surface area (Å²) in [6.45, 7) is 6.77. The van der Waals surface area contributed by atoms with Crippen LogP contribution in [0.2, 0.25) is 0 Å². The van der Waals surface area contributed by atoms with Crippen molar-refractivity contribution in [1.82, 2.24) is 4.90 Å². The van der Waals surface area contributed by atoms with Gasteiger partial charge in [0.15, 0.2) is 0 Å². The lowest BCUT2D eigenvalue weighted by Crippen LogP contribution is -2.39. The summed E-state index contributed by atoms with van der Waals surface area (Å²) in [6, 6.07) is 3.84. The lowest BCUT2D eigenvalue weighted by molar-refractivity contribution is 0.0224. The van der Waals surface area contributed by atoms with Crippen molar-refractivity contribution in [2.75, 3.05) is 19.4 Å². The number of benzene rings is 1. The van der Waals surface area contributed by atoms with Crippen molar-refractivity contribution < 1.29 is 14.3 Å². The zero-order valence-corrected chi connectivity index (χ0v) is 12.5. The van der Waals surface area contributed by atoms with Gasteiger partial charge in [-0.15, -0.1) is 0 Å². The second kappa shape index (κ2) is 5.23. The van der Waals surface area contributed by atoms with Crippen molar-refractivity contribution >= 4 is 11.8 Å². The van der Waals surface area contributed by atoms with E-state index in [2.05, 4.69) is 0 Å². The summed E-state index contributed by atoms with van der Waals surface area (Å²) in [4.78, 5) is 13.8. The molecule has 0 bridgehead atoms. The number of methoxy groups -OCH3 is 1. The maximum atomic E-state index is 12.1. The summed E-state index contributed by atoms with van der Waals surface area (Å²) in [5.74, 6) is 0.689. The van der Waals surface area contributed by atoms with E-state index in [9.17, 15) is 4.79 Å². The minimum Gasteiger partial charge on any atom is -0.495 e. The molecule has 5 heteroatoms. The van der Waals surface area contributed by atoms with E-state index in [0.29, 0.717) is 24.5 Å². The van der Waals surface area contributed by atoms with E-state index in [1.54, 1.807) is 12.0 Å². The first kappa shape index (κ1) is 14.5. The van der Waals surface area contributed by atoms with E-state index in [4.69, 9.17) is 15.2 Å². The van der Waals surface area contributed by atoms with Gasteiger partial charge in [-0.2, -0.15) is 0 Å². The largest absolute Gasteiger partial charge is 0.495 e. The predicted octanol–water partition coefficient (Wildman–Crippen LogP) is 2.57. The highest BCUT2D eigenvalue weighted by Crippen LogP contribution is 2.30. The normalized spacial score (nSPS) is 14.7. The van der Waals surface area contributed by atoms with E-state index in [0.717, 1.165) is 12.0 Å². The van der Waals surface area contributed by atoms with E-state index < -0.39 is 5.60 Å². The molecular formula is C15H22N2O3. The van der Waals surface area contributed by atoms with Crippen molar-refractivity contribution in [2.45, 2.75) is 39.3 Å². The van der Waals surface area contributed by atoms with E-state index in [1.807, 2.05) is 32.9 Å². The van der Waals surface area contributed by atoms with Gasteiger partial charge in [0, 0.05) is 13.1 Å². The highest BCUT2D eigenvalue weighted by Gasteiger charge is 2.26. The monoisotopic (exact) mass is 278 g/mol. The molecule has 1 heterocycles. The van der Waals surface area contributed by atoms with E-state index in [1.165, 1.54) is 5.56 Å². The molecule has 0 fully saturated rings. The van der Waals surface area contributed by atoms with Gasteiger partial charge in [-0.05, 0) is 50.5 Å². The molecule has 1 aliphatic heterocycles. The number of fused-ring (bicyclic) bond motifs is 1. The fraction of sp³-hybridized carbons (Fsp3) is 0.533. The second-order valence-electron chi connectivity index (χ2n) is 6.01. The lowest BCUT2D eigenvalue weighted by Gasteiger charge is -2.31. The summed E-state index contributed by atoms with van der Waals surface area (Å²) in [5, 5.41) is 0. The summed E-state index contributed by atoms with van der Waals surface area (Å²) in [6.07, 6.45) is 0.503. The Morgan fingerprint density at radius 1 is 1.30 bits per heavy atom. The molecule has 0 aromatic heterocycles. The molecule has 0 unspecified atom stereocenters. The number of amides is 1. The van der Waals surface area contributed by atoms with Crippen LogP contribution >= 0.6 is 0 Å². The average Bonchev–Trinajstić information content (AvgIpc) is 2.35. The van der Waals surface area contributed by atoms with Crippen LogP contribution in [0, 0.1) is 0 Å². The molecule has 0 radical (unpaired) electrons. The molecule has 110 valence electrons. The standard InChI is InChI=1S/C15H22N2O3/c1-15(2,3)20-14(18)17-6-5-10-8-13(19-4)12(16)7-11(10)9-17/h7-8H,5-6,9,16H2,1-4H3. The van der Waals surface area contributed by atoms with E-state index >= 15 is 0 Å². The second-order valence-corrected chi connectivity index (χ2v) is 6.01. The van der Waals surface area contributed by atoms with Gasteiger partial charge in [-0.1, -0.05) is 0 Å². The number of hydrogen-bond donors (Lipinski definition) is 1. The van der Waals surface area contributed by atoms with Gasteiger partial charge in [0.1, 0.15) is 11.4 Å². The van der Waals surface area contributed by atoms with Crippen LogP contribution in [0.1, 0.15) is 31.9 Å². The molecule has 0 aliphatic carbocycles. The molecule has 2 N–H and O–H groups in total. The highest BCUT2D eigenvalue weighted by molar-refractivity contribution is 5.69. The predicted molar refractivity (Wildman–Crippen MR) is 77.8 cm³/mol. The maximum absolute atomic E-state index is 12.1. The summed E-state index contributed by atoms with van der Waals surface area (Å²) >= 11 is 0. The Balaban J connectivity index is 2.15. The fourth-order valence-electron chi connectivity index (χ4n) is 2.26. The summed E-state index contributed by atoms with van der Waals surface area (Å²) in [5.41, 5.74) is 8.27. The smallest absolute Gasteiger partial charge is 0.410 e. The number of nitrogens with two attached hydrogens (primary N) is 1. The molecule has 1 aromatic carbocycles. The zero-order valence-electron chi connectivity index (χ0n) is 12.5. The zero-order chi connectivity index (χ0) is 14.9. The van der Waals surface area contributed by atoms with Crippen LogP contribution in [0.25, 0.3) is 0 Å². The number of nitrogen functional groups attached to an aromatic ring is 1. The van der Waals surface area contributed by atoms with Gasteiger partial charge in [0.25, 0.3) is 0 Å². The quantitative estimate of drug-likeness (QED) is 0.802. The SMILES string of the molecule is COc1cc2c(cc1N)CN(C(=O)OC(C)(C)C)CC2. The van der Waals surface area contributed by atoms with Crippen LogP contribution in [0.15, 0.2) is 12.1 Å². The third-order valence-corrected chi connectivity index (χ3v) is 3.22. The van der Waals surface area contributed by atoms with Gasteiger partial charge in [-0.25, -0.2) is 4.79 Å². The van der Waals surface area contributed by atoms with Gasteiger partial charge < -0.3 is 20.1 Å². The van der Waals surface area contributed by atoms with Crippen LogP contribution in [-0.2, 0) is 17.7 Å². The molecule has 1 amide bonds. The first-order chi connectivity index (χ1) is 9.30. The number of rotatable bonds is 1. The van der Waals surface area contributed by atoms with Crippen LogP contribution in [0.5, 0.6) is 5.75 Å². The Bertz CT molecular complexity index is 521. The third kappa shape index (κ3) is 3.15. The molecule has 20 heavy (non-hydrogen) atoms. The van der Waals surface area contributed by atoms with Crippen molar-refractivity contribution in [2.24, 2.45) is 0 Å². The highest BCUT2D eigenvalue weighted by atomic mass is 16.6. The Hall–Kier alpha value is -1.91. The number of carbonyl (C=O) groups excluding carboxylic acids is 1. The first-order valence-electron chi connectivity index (χ1n) is 6.73. The molecule has 1 aromatic rings. The average molecular weight is 278 g/mol. The Kier molecular flexibility index (Phi) is 3.79. The number of anilines is 1. The molecule has 0 atom stereocenters. The Morgan fingerprint density at radius 2 is 2.00 bits per heavy atom. The minimum atomic E-state index is -0.476. The Morgan fingerprint density at radius 3 is 2.60 bits per heavy atom. The van der Waals surface area contributed by atoms with Crippen LogP contribution < -0.4 is 10.5 Å². The molecule has 0 saturated heterocycles. The van der Waals surface area contributed by atoms with Gasteiger partial charge >= 0.3 is 6.09 Å². The van der Waals surface area contributed by atoms with Crippen molar-refractivity contribution in [1.29, 1.82) is 0 Å². The van der Waals surface area contributed by atoms with Crippen LogP contribution in [0.3, 0.4) is 0 Å². The van der Waals surface area contributed by atoms with Gasteiger partial charge in [-0.3, -0.25) is 0 Å². The molecule has 5 nitrogen and oxygen atoms in total. The summed E-state index contributed by atoms with van der Waals surface area (Å²) in [7, 11) is 1.61. The minimum absolute atomic E-state index is 0.280. The third-order valence-electron chi connectivity index (χ3n) is 3.22. The maximum Gasteiger partial charge on any atom is 0.410 e. The first-order valence-corrected chi connectivity index (χ1v) is 6.73. The number of ether oxygens (including phenoxy) is 2. The van der Waals surface area contributed by atoms with Crippen LogP contribution in [-0.4, -0.2) is 30.2 Å². The Labute approximate surface area is 119 Å². The van der Waals surface area contributed by atoms with Gasteiger partial charge in [0.2, 0.25) is 0 Å². The number of carbonyl (C=O) groups is 1.